The zero-order chi connectivity index (χ0) is 16.9. The van der Waals surface area contributed by atoms with Gasteiger partial charge in [0.25, 0.3) is 5.91 Å². The van der Waals surface area contributed by atoms with Gasteiger partial charge in [-0.3, -0.25) is 9.69 Å². The molecule has 1 saturated heterocycles. The van der Waals surface area contributed by atoms with Crippen molar-refractivity contribution >= 4 is 28.9 Å². The molecule has 24 heavy (non-hydrogen) atoms. The van der Waals surface area contributed by atoms with E-state index in [-0.39, 0.29) is 11.7 Å². The van der Waals surface area contributed by atoms with Gasteiger partial charge in [-0.15, -0.1) is 0 Å². The molecule has 0 atom stereocenters. The van der Waals surface area contributed by atoms with Crippen molar-refractivity contribution < 1.29 is 9.90 Å². The molecule has 1 aromatic carbocycles. The van der Waals surface area contributed by atoms with E-state index in [1.165, 1.54) is 11.8 Å². The van der Waals surface area contributed by atoms with E-state index in [4.69, 9.17) is 5.26 Å². The predicted molar refractivity (Wildman–Crippen MR) is 94.4 cm³/mol. The normalized spacial score (nSPS) is 20.3. The number of aliphatic imine (C=N–C) groups is 1. The third kappa shape index (κ3) is 3.96. The first-order chi connectivity index (χ1) is 11.7. The van der Waals surface area contributed by atoms with Crippen LogP contribution in [0.2, 0.25) is 0 Å². The zero-order valence-electron chi connectivity index (χ0n) is 13.2. The third-order valence-corrected chi connectivity index (χ3v) is 5.03. The quantitative estimate of drug-likeness (QED) is 0.845. The Bertz CT molecular complexity index is 713. The van der Waals surface area contributed by atoms with Gasteiger partial charge < -0.3 is 10.0 Å². The summed E-state index contributed by atoms with van der Waals surface area (Å²) in [5, 5.41) is 18.7. The largest absolute Gasteiger partial charge is 0.508 e. The van der Waals surface area contributed by atoms with Crippen molar-refractivity contribution in [1.29, 1.82) is 5.26 Å². The van der Waals surface area contributed by atoms with Crippen LogP contribution in [0.4, 0.5) is 0 Å². The molecule has 2 heterocycles. The van der Waals surface area contributed by atoms with Crippen LogP contribution in [0.5, 0.6) is 5.75 Å². The number of nitriles is 1. The Labute approximate surface area is 145 Å². The molecule has 124 valence electrons. The van der Waals surface area contributed by atoms with Crippen LogP contribution >= 0.6 is 11.8 Å². The third-order valence-electron chi connectivity index (χ3n) is 3.98. The maximum Gasteiger partial charge on any atom is 0.286 e. The zero-order valence-corrected chi connectivity index (χ0v) is 14.0. The molecule has 2 aliphatic rings. The van der Waals surface area contributed by atoms with Gasteiger partial charge >= 0.3 is 0 Å². The van der Waals surface area contributed by atoms with E-state index in [0.717, 1.165) is 43.5 Å². The summed E-state index contributed by atoms with van der Waals surface area (Å²) < 4.78 is 0. The van der Waals surface area contributed by atoms with Gasteiger partial charge in [-0.1, -0.05) is 12.1 Å². The molecule has 1 aromatic rings. The Morgan fingerprint density at radius 3 is 2.62 bits per heavy atom. The maximum absolute atomic E-state index is 12.1. The fraction of sp³-hybridized carbons (Fsp3) is 0.353. The first-order valence-corrected chi connectivity index (χ1v) is 8.63. The number of amides is 1. The van der Waals surface area contributed by atoms with E-state index in [9.17, 15) is 9.90 Å². The second kappa shape index (κ2) is 7.51. The highest BCUT2D eigenvalue weighted by molar-refractivity contribution is 8.18. The number of nitrogens with zero attached hydrogens (tertiary/aromatic N) is 4. The first-order valence-electron chi connectivity index (χ1n) is 7.81. The standard InChI is InChI=1S/C17H18N4O2S/c18-6-1-7-20-8-10-21(11-9-20)17-19-16(23)15(24-17)12-13-2-4-14(22)5-3-13/h2-5,12,22H,1,7-11H2/b15-12-. The number of carbonyl (C=O) groups is 1. The number of hydrogen-bond donors (Lipinski definition) is 1. The maximum atomic E-state index is 12.1. The molecular formula is C17H18N4O2S. The van der Waals surface area contributed by atoms with Gasteiger partial charge in [0.05, 0.1) is 11.0 Å². The minimum Gasteiger partial charge on any atom is -0.508 e. The van der Waals surface area contributed by atoms with E-state index in [1.54, 1.807) is 30.3 Å². The molecule has 7 heteroatoms. The summed E-state index contributed by atoms with van der Waals surface area (Å²) in [6.45, 7) is 4.20. The molecule has 0 bridgehead atoms. The Balaban J connectivity index is 1.60. The van der Waals surface area contributed by atoms with Crippen LogP contribution in [0.3, 0.4) is 0 Å². The molecule has 1 amide bonds. The second-order valence-corrected chi connectivity index (χ2v) is 6.65. The highest BCUT2D eigenvalue weighted by Crippen LogP contribution is 2.30. The van der Waals surface area contributed by atoms with Crippen LogP contribution in [0.15, 0.2) is 34.2 Å². The van der Waals surface area contributed by atoms with Crippen molar-refractivity contribution in [3.05, 3.63) is 34.7 Å². The summed E-state index contributed by atoms with van der Waals surface area (Å²) in [6.07, 6.45) is 2.35. The number of benzene rings is 1. The van der Waals surface area contributed by atoms with E-state index in [2.05, 4.69) is 20.9 Å². The van der Waals surface area contributed by atoms with E-state index >= 15 is 0 Å². The molecule has 0 aromatic heterocycles. The monoisotopic (exact) mass is 342 g/mol. The van der Waals surface area contributed by atoms with Crippen LogP contribution in [-0.2, 0) is 4.79 Å². The summed E-state index contributed by atoms with van der Waals surface area (Å²) in [6, 6.07) is 8.89. The number of phenolic OH excluding ortho intramolecular Hbond substituents is 1. The number of carbonyl (C=O) groups excluding carboxylic acids is 1. The Kier molecular flexibility index (Phi) is 5.18. The number of phenols is 1. The van der Waals surface area contributed by atoms with Crippen molar-refractivity contribution in [2.45, 2.75) is 6.42 Å². The molecule has 2 aliphatic heterocycles. The molecule has 0 aliphatic carbocycles. The van der Waals surface area contributed by atoms with Crippen molar-refractivity contribution in [2.24, 2.45) is 4.99 Å². The predicted octanol–water partition coefficient (Wildman–Crippen LogP) is 1.89. The summed E-state index contributed by atoms with van der Waals surface area (Å²) >= 11 is 1.40. The number of hydrogen-bond acceptors (Lipinski definition) is 6. The molecule has 0 radical (unpaired) electrons. The number of piperazine rings is 1. The van der Waals surface area contributed by atoms with Crippen molar-refractivity contribution in [1.82, 2.24) is 9.80 Å². The number of amidine groups is 1. The molecule has 0 unspecified atom stereocenters. The Morgan fingerprint density at radius 2 is 1.96 bits per heavy atom. The fourth-order valence-corrected chi connectivity index (χ4v) is 3.59. The SMILES string of the molecule is N#CCCN1CCN(C2=NC(=O)/C(=C/c3ccc(O)cc3)S2)CC1. The second-order valence-electron chi connectivity index (χ2n) is 5.64. The minimum absolute atomic E-state index is 0.203. The van der Waals surface area contributed by atoms with Crippen LogP contribution in [0.25, 0.3) is 6.08 Å². The van der Waals surface area contributed by atoms with Gasteiger partial charge in [-0.25, -0.2) is 0 Å². The van der Waals surface area contributed by atoms with Crippen LogP contribution in [-0.4, -0.2) is 58.7 Å². The number of rotatable bonds is 3. The lowest BCUT2D eigenvalue weighted by molar-refractivity contribution is -0.113. The fourth-order valence-electron chi connectivity index (χ4n) is 2.63. The highest BCUT2D eigenvalue weighted by atomic mass is 32.2. The average Bonchev–Trinajstić information content (AvgIpc) is 2.96. The molecule has 0 spiro atoms. The lowest BCUT2D eigenvalue weighted by Gasteiger charge is -2.34. The summed E-state index contributed by atoms with van der Waals surface area (Å²) in [7, 11) is 0. The van der Waals surface area contributed by atoms with Gasteiger partial charge in [-0.05, 0) is 35.5 Å². The highest BCUT2D eigenvalue weighted by Gasteiger charge is 2.28. The van der Waals surface area contributed by atoms with Crippen molar-refractivity contribution in [2.75, 3.05) is 32.7 Å². The van der Waals surface area contributed by atoms with Gasteiger partial charge in [0.1, 0.15) is 5.75 Å². The first kappa shape index (κ1) is 16.6. The van der Waals surface area contributed by atoms with Gasteiger partial charge in [-0.2, -0.15) is 10.3 Å². The van der Waals surface area contributed by atoms with Crippen molar-refractivity contribution in [3.8, 4) is 11.8 Å². The van der Waals surface area contributed by atoms with E-state index in [1.807, 2.05) is 0 Å². The van der Waals surface area contributed by atoms with Crippen molar-refractivity contribution in [3.63, 3.8) is 0 Å². The van der Waals surface area contributed by atoms with Crippen LogP contribution < -0.4 is 0 Å². The molecule has 1 N–H and O–H groups in total. The topological polar surface area (TPSA) is 79.9 Å². The average molecular weight is 342 g/mol. The molecule has 6 nitrogen and oxygen atoms in total. The molecular weight excluding hydrogens is 324 g/mol. The lowest BCUT2D eigenvalue weighted by atomic mass is 10.2. The smallest absolute Gasteiger partial charge is 0.286 e. The molecule has 3 rings (SSSR count). The van der Waals surface area contributed by atoms with E-state index < -0.39 is 0 Å². The summed E-state index contributed by atoms with van der Waals surface area (Å²) in [4.78, 5) is 21.3. The number of aromatic hydroxyl groups is 1. The lowest BCUT2D eigenvalue weighted by Crippen LogP contribution is -2.47. The summed E-state index contributed by atoms with van der Waals surface area (Å²) in [5.74, 6) is -0.0104. The van der Waals surface area contributed by atoms with Crippen LogP contribution in [0.1, 0.15) is 12.0 Å². The minimum atomic E-state index is -0.213. The number of thioether (sulfide) groups is 1. The molecule has 1 fully saturated rings. The Morgan fingerprint density at radius 1 is 1.25 bits per heavy atom. The van der Waals surface area contributed by atoms with Gasteiger partial charge in [0, 0.05) is 39.1 Å². The Hall–Kier alpha value is -2.30. The van der Waals surface area contributed by atoms with Gasteiger partial charge in [0.2, 0.25) is 0 Å². The van der Waals surface area contributed by atoms with Gasteiger partial charge in [0.15, 0.2) is 5.17 Å². The molecule has 0 saturated carbocycles. The van der Waals surface area contributed by atoms with E-state index in [0.29, 0.717) is 11.3 Å². The summed E-state index contributed by atoms with van der Waals surface area (Å²) in [5.41, 5.74) is 0.862. The van der Waals surface area contributed by atoms with Crippen LogP contribution in [0, 0.1) is 11.3 Å².